The van der Waals surface area contributed by atoms with Crippen molar-refractivity contribution in [1.29, 1.82) is 0 Å². The lowest BCUT2D eigenvalue weighted by Gasteiger charge is -2.23. The van der Waals surface area contributed by atoms with Crippen molar-refractivity contribution in [3.8, 4) is 11.3 Å². The number of fused-ring (bicyclic) bond motifs is 5. The molecule has 2 nitrogen and oxygen atoms in total. The molecule has 0 saturated carbocycles. The van der Waals surface area contributed by atoms with E-state index in [1.165, 1.54) is 53.5 Å². The van der Waals surface area contributed by atoms with Gasteiger partial charge in [-0.15, -0.1) is 20.3 Å². The van der Waals surface area contributed by atoms with Crippen LogP contribution in [0.4, 0.5) is 0 Å². The van der Waals surface area contributed by atoms with Crippen molar-refractivity contribution in [3.63, 3.8) is 0 Å². The van der Waals surface area contributed by atoms with Gasteiger partial charge in [0.1, 0.15) is 6.29 Å². The Morgan fingerprint density at radius 2 is 1.44 bits per heavy atom. The van der Waals surface area contributed by atoms with Crippen molar-refractivity contribution < 1.29 is 4.79 Å². The fraction of sp³-hybridized carbons (Fsp3) is 0.464. The Labute approximate surface area is 203 Å². The van der Waals surface area contributed by atoms with Crippen LogP contribution in [0, 0.1) is 0 Å². The van der Waals surface area contributed by atoms with Gasteiger partial charge >= 0.3 is 0 Å². The maximum atomic E-state index is 11.6. The summed E-state index contributed by atoms with van der Waals surface area (Å²) in [6.07, 6.45) is 3.82. The van der Waals surface area contributed by atoms with Crippen molar-refractivity contribution in [3.05, 3.63) is 54.1 Å². The van der Waals surface area contributed by atoms with E-state index in [2.05, 4.69) is 67.8 Å². The fourth-order valence-corrected chi connectivity index (χ4v) is 5.18. The molecule has 0 aliphatic carbocycles. The third-order valence-corrected chi connectivity index (χ3v) is 6.84. The van der Waals surface area contributed by atoms with E-state index >= 15 is 0 Å². The molecule has 0 saturated heterocycles. The topological polar surface area (TPSA) is 22.0 Å². The van der Waals surface area contributed by atoms with Crippen molar-refractivity contribution in [2.24, 2.45) is 0 Å². The smallest absolute Gasteiger partial charge is 0.137 e. The number of aldehydes is 1. The van der Waals surface area contributed by atoms with Gasteiger partial charge in [-0.25, -0.2) is 0 Å². The number of benzene rings is 2. The lowest BCUT2D eigenvalue weighted by atomic mass is 10.0. The monoisotopic (exact) mass is 473 g/mol. The minimum absolute atomic E-state index is 0.118. The molecule has 32 heavy (non-hydrogen) atoms. The number of aryl methyl sites for hydroxylation is 1. The van der Waals surface area contributed by atoms with Gasteiger partial charge in [-0.05, 0) is 31.4 Å². The first-order valence-corrected chi connectivity index (χ1v) is 14.6. The highest BCUT2D eigenvalue weighted by molar-refractivity contribution is 8.00. The van der Waals surface area contributed by atoms with E-state index in [0.717, 1.165) is 12.8 Å². The molecule has 4 rings (SSSR count). The van der Waals surface area contributed by atoms with Crippen LogP contribution in [0.1, 0.15) is 73.1 Å². The maximum Gasteiger partial charge on any atom is 0.137 e. The molecule has 2 heterocycles. The highest BCUT2D eigenvalue weighted by Gasteiger charge is 2.30. The van der Waals surface area contributed by atoms with Crippen LogP contribution in [-0.2, 0) is 11.3 Å². The van der Waals surface area contributed by atoms with Crippen LogP contribution in [0.2, 0.25) is 0 Å². The number of carbonyl (C=O) groups is 1. The third kappa shape index (κ3) is 7.22. The predicted octanol–water partition coefficient (Wildman–Crippen LogP) is 9.46. The van der Waals surface area contributed by atoms with Crippen LogP contribution in [0.3, 0.4) is 0 Å². The van der Waals surface area contributed by atoms with Gasteiger partial charge < -0.3 is 9.36 Å². The molecule has 1 aromatic heterocycles. The zero-order chi connectivity index (χ0) is 24.5. The summed E-state index contributed by atoms with van der Waals surface area (Å²) < 4.78 is 2.33. The molecule has 1 aliphatic heterocycles. The molecule has 0 fully saturated rings. The lowest BCUT2D eigenvalue weighted by molar-refractivity contribution is -0.107. The fourth-order valence-electron chi connectivity index (χ4n) is 3.54. The Hall–Kier alpha value is -1.57. The zero-order valence-corrected chi connectivity index (χ0v) is 23.5. The zero-order valence-electron chi connectivity index (χ0n) is 21.7. The first kappa shape index (κ1) is 30.4. The van der Waals surface area contributed by atoms with E-state index in [1.807, 2.05) is 47.6 Å². The van der Waals surface area contributed by atoms with Gasteiger partial charge in [-0.1, -0.05) is 91.8 Å². The molecule has 3 aromatic rings. The predicted molar refractivity (Wildman–Crippen MR) is 151 cm³/mol. The van der Waals surface area contributed by atoms with E-state index in [4.69, 9.17) is 0 Å². The normalized spacial score (nSPS) is 12.7. The summed E-state index contributed by atoms with van der Waals surface area (Å²) in [6.45, 7) is 19.5. The van der Waals surface area contributed by atoms with Crippen molar-refractivity contribution in [2.45, 2.75) is 79.0 Å². The largest absolute Gasteiger partial charge is 0.340 e. The van der Waals surface area contributed by atoms with Gasteiger partial charge in [-0.2, -0.15) is 0 Å². The molecule has 2 aromatic carbocycles. The van der Waals surface area contributed by atoms with Gasteiger partial charge in [-0.3, -0.25) is 0 Å². The van der Waals surface area contributed by atoms with Crippen molar-refractivity contribution in [1.82, 2.24) is 4.57 Å². The second-order valence-electron chi connectivity index (χ2n) is 6.15. The summed E-state index contributed by atoms with van der Waals surface area (Å²) in [6, 6.07) is 16.8. The molecular formula is C28H44NOPS. The van der Waals surface area contributed by atoms with Crippen LogP contribution in [0.15, 0.2) is 53.4 Å². The molecule has 0 bridgehead atoms. The Balaban J connectivity index is 0.000000753. The second-order valence-corrected chi connectivity index (χ2v) is 9.25. The van der Waals surface area contributed by atoms with Crippen LogP contribution in [-0.4, -0.2) is 23.2 Å². The first-order valence-electron chi connectivity index (χ1n) is 12.3. The van der Waals surface area contributed by atoms with Gasteiger partial charge in [0.05, 0.1) is 10.9 Å². The molecule has 1 atom stereocenters. The van der Waals surface area contributed by atoms with Gasteiger partial charge in [0.15, 0.2) is 0 Å². The lowest BCUT2D eigenvalue weighted by Crippen LogP contribution is -2.06. The molecular weight excluding hydrogens is 429 g/mol. The maximum absolute atomic E-state index is 11.6. The van der Waals surface area contributed by atoms with E-state index in [-0.39, 0.29) is 5.25 Å². The number of nitrogens with zero attached hydrogens (tertiary/aromatic N) is 1. The third-order valence-electron chi connectivity index (χ3n) is 4.63. The van der Waals surface area contributed by atoms with E-state index < -0.39 is 0 Å². The number of para-hydroxylation sites is 1. The minimum Gasteiger partial charge on any atom is -0.340 e. The Morgan fingerprint density at radius 1 is 0.875 bits per heavy atom. The Kier molecular flexibility index (Phi) is 17.0. The Morgan fingerprint density at radius 3 is 1.97 bits per heavy atom. The van der Waals surface area contributed by atoms with E-state index in [1.54, 1.807) is 11.8 Å². The van der Waals surface area contributed by atoms with Crippen LogP contribution in [0.25, 0.3) is 22.2 Å². The highest BCUT2D eigenvalue weighted by atomic mass is 32.2. The van der Waals surface area contributed by atoms with E-state index in [0.29, 0.717) is 0 Å². The van der Waals surface area contributed by atoms with Crippen LogP contribution in [0.5, 0.6) is 0 Å². The highest BCUT2D eigenvalue weighted by Crippen LogP contribution is 2.51. The number of carbonyl (C=O) groups excluding carboxylic acids is 1. The number of hydrogen-bond acceptors (Lipinski definition) is 2. The van der Waals surface area contributed by atoms with Crippen LogP contribution < -0.4 is 0 Å². The summed E-state index contributed by atoms with van der Waals surface area (Å²) in [4.78, 5) is 12.8. The summed E-state index contributed by atoms with van der Waals surface area (Å²) in [7, 11) is 1.20. The van der Waals surface area contributed by atoms with Gasteiger partial charge in [0.2, 0.25) is 0 Å². The number of aromatic nitrogens is 1. The first-order chi connectivity index (χ1) is 15.8. The average Bonchev–Trinajstić information content (AvgIpc) is 3.23. The quantitative estimate of drug-likeness (QED) is 0.278. The average molecular weight is 474 g/mol. The molecule has 1 unspecified atom stereocenters. The molecule has 0 N–H and O–H groups in total. The summed E-state index contributed by atoms with van der Waals surface area (Å²) in [5.74, 6) is 0. The number of thioether (sulfide) groups is 1. The standard InChI is InChI=1S/C18H15NOS.C4H11P.3C2H6/c1-2-19-14-9-5-3-7-12(14)17-16(11-20)21-15-10-6-4-8-13(15)18(17)19;1-3-5-4-2;3*1-2/h3-11,16H,2H2,1H3;5H,3-4H2,1-2H3;3*1-2H3. The molecule has 0 spiro atoms. The second kappa shape index (κ2) is 17.9. The number of rotatable bonds is 4. The van der Waals surface area contributed by atoms with Crippen molar-refractivity contribution >= 4 is 37.5 Å². The Bertz CT molecular complexity index is 902. The molecule has 4 heteroatoms. The summed E-state index contributed by atoms with van der Waals surface area (Å²) in [5, 5.41) is 1.08. The van der Waals surface area contributed by atoms with Crippen LogP contribution >= 0.6 is 20.3 Å². The summed E-state index contributed by atoms with van der Waals surface area (Å²) >= 11 is 1.66. The van der Waals surface area contributed by atoms with Gasteiger partial charge in [0, 0.05) is 33.5 Å². The molecule has 1 aliphatic rings. The van der Waals surface area contributed by atoms with E-state index in [9.17, 15) is 4.79 Å². The number of hydrogen-bond donors (Lipinski definition) is 0. The molecule has 0 radical (unpaired) electrons. The SMILES string of the molecule is CC.CC.CC.CCPCC.CCn1c2c(c3ccccc31)C(C=O)Sc1ccccc1-2. The minimum atomic E-state index is -0.118. The molecule has 178 valence electrons. The molecule has 0 amide bonds. The van der Waals surface area contributed by atoms with Crippen molar-refractivity contribution in [2.75, 3.05) is 12.3 Å². The summed E-state index contributed by atoms with van der Waals surface area (Å²) in [5.41, 5.74) is 4.85. The van der Waals surface area contributed by atoms with Gasteiger partial charge in [0.25, 0.3) is 0 Å².